The van der Waals surface area contributed by atoms with Crippen LogP contribution in [0.1, 0.15) is 95.3 Å². The predicted molar refractivity (Wildman–Crippen MR) is 405 cm³/mol. The molecule has 1 fully saturated rings. The van der Waals surface area contributed by atoms with Crippen LogP contribution >= 0.6 is 48.9 Å². The van der Waals surface area contributed by atoms with Gasteiger partial charge in [-0.2, -0.15) is 20.4 Å². The normalized spacial score (nSPS) is 11.9. The first-order valence-corrected chi connectivity index (χ1v) is 32.7. The van der Waals surface area contributed by atoms with Crippen molar-refractivity contribution in [2.24, 2.45) is 20.4 Å². The van der Waals surface area contributed by atoms with E-state index >= 15 is 0 Å². The van der Waals surface area contributed by atoms with Crippen molar-refractivity contribution >= 4 is 128 Å². The van der Waals surface area contributed by atoms with E-state index in [-0.39, 0.29) is 16.4 Å². The van der Waals surface area contributed by atoms with Crippen LogP contribution in [0.15, 0.2) is 226 Å². The quantitative estimate of drug-likeness (QED) is 0.0119. The predicted octanol–water partition coefficient (Wildman–Crippen LogP) is 14.7. The molecule has 0 saturated heterocycles. The summed E-state index contributed by atoms with van der Waals surface area (Å²) in [7, 11) is 1.33. The third kappa shape index (κ3) is 23.7. The first-order valence-electron chi connectivity index (χ1n) is 31.1. The number of thiocarbonyl (C=S) groups is 4. The molecular weight excluding hydrogens is 1340 g/mol. The number of furan rings is 4. The molecule has 0 amide bonds. The minimum atomic E-state index is -0.951. The van der Waals surface area contributed by atoms with E-state index < -0.39 is 16.9 Å². The number of hydrazone groups is 4. The number of ether oxygens (including phenoxy) is 1. The van der Waals surface area contributed by atoms with Crippen LogP contribution in [0.25, 0.3) is 56.1 Å². The highest BCUT2D eigenvalue weighted by Gasteiger charge is 2.15. The van der Waals surface area contributed by atoms with Crippen LogP contribution < -0.4 is 43.0 Å². The summed E-state index contributed by atoms with van der Waals surface area (Å²) in [4.78, 5) is 32.6. The molecule has 10 aromatic rings. The number of aryl methyl sites for hydroxylation is 1. The molecule has 99 heavy (non-hydrogen) atoms. The molecule has 0 radical (unpaired) electrons. The Morgan fingerprint density at radius 1 is 0.535 bits per heavy atom. The number of anilines is 1. The van der Waals surface area contributed by atoms with Crippen LogP contribution in [-0.4, -0.2) is 93.5 Å². The van der Waals surface area contributed by atoms with Gasteiger partial charge in [-0.1, -0.05) is 116 Å². The van der Waals surface area contributed by atoms with Crippen LogP contribution in [0.3, 0.4) is 0 Å². The lowest BCUT2D eigenvalue weighted by Crippen LogP contribution is -2.40. The number of non-ortho nitro benzene ring substituents is 1. The van der Waals surface area contributed by atoms with E-state index in [0.717, 1.165) is 59.7 Å². The van der Waals surface area contributed by atoms with Gasteiger partial charge in [-0.25, -0.2) is 9.59 Å². The number of nitrogens with zero attached hydrogens (tertiary/aromatic N) is 5. The number of carboxylic acids is 1. The number of hydrogen-bond acceptors (Lipinski definition) is 17. The van der Waals surface area contributed by atoms with Crippen molar-refractivity contribution in [1.29, 1.82) is 0 Å². The standard InChI is InChI=1S/C20H16N4O5S.C19H21N3O3S.C18H17N3OS.C15H17N3OS/c1-28-19(25)14-4-2-13(3-5-14)18-11-10-17(29-18)12-21-23-20(30)22-15-6-8-16(9-7-15)24(26)27;23-18(24)14-8-6-13(7-9-14)17-11-10-16(25-17)12-20-22-19(26)21-15-4-2-1-3-5-15;1-2-19-18(23)21-20-12-14-10-11-17(22-14)16-9-5-7-13-6-3-4-8-15(13)16;1-3-16-15(20)18-17-10-13-8-9-14(19-13)12-6-4-11(2)5-7-12/h2-12H,1H3,(H2,22,23,30);6-12,15H,1-5H2,(H,23,24)(H2,21,22,26);3-12H,2H2,1H3,(H2,19,21,23);4-10H,3H2,1-2H3,(H2,16,18,20)/b21-12+;2*20-12+;17-10+. The first kappa shape index (κ1) is 73.3. The summed E-state index contributed by atoms with van der Waals surface area (Å²) in [6, 6.07) is 57.0. The Balaban J connectivity index is 0.000000170. The van der Waals surface area contributed by atoms with Gasteiger partial charge in [0.15, 0.2) is 20.4 Å². The van der Waals surface area contributed by atoms with Crippen molar-refractivity contribution in [2.45, 2.75) is 58.9 Å². The van der Waals surface area contributed by atoms with Crippen molar-refractivity contribution in [2.75, 3.05) is 25.5 Å². The van der Waals surface area contributed by atoms with Crippen molar-refractivity contribution in [3.63, 3.8) is 0 Å². The van der Waals surface area contributed by atoms with E-state index in [2.05, 4.69) is 111 Å². The summed E-state index contributed by atoms with van der Waals surface area (Å²) in [6.45, 7) is 7.52. The second-order valence-electron chi connectivity index (χ2n) is 21.4. The Bertz CT molecular complexity index is 4460. The molecule has 508 valence electrons. The van der Waals surface area contributed by atoms with Crippen molar-refractivity contribution in [3.05, 3.63) is 238 Å². The highest BCUT2D eigenvalue weighted by Crippen LogP contribution is 2.30. The first-order chi connectivity index (χ1) is 48.0. The van der Waals surface area contributed by atoms with E-state index in [1.165, 1.54) is 61.1 Å². The Labute approximate surface area is 592 Å². The molecule has 0 bridgehead atoms. The SMILES string of the molecule is CCNC(=S)N/N=C/c1ccc(-c2ccc(C)cc2)o1.CCNC(=S)N/N=C/c1ccc(-c2cccc3ccccc23)o1.COC(=O)c1ccc(-c2ccc(/C=N/NC(=S)Nc3ccc([N+](=O)[O-])cc3)o2)cc1.O=C(O)c1ccc(-c2ccc(/C=N/NC(=S)NC3CCCCC3)o2)cc1. The number of fused-ring (bicyclic) bond motifs is 1. The second kappa shape index (κ2) is 38.3. The fourth-order valence-electron chi connectivity index (χ4n) is 9.43. The van der Waals surface area contributed by atoms with Crippen molar-refractivity contribution in [3.8, 4) is 45.3 Å². The van der Waals surface area contributed by atoms with Gasteiger partial charge in [-0.15, -0.1) is 0 Å². The van der Waals surface area contributed by atoms with Gasteiger partial charge in [-0.05, 0) is 178 Å². The van der Waals surface area contributed by atoms with Gasteiger partial charge < -0.3 is 48.8 Å². The maximum absolute atomic E-state index is 11.5. The van der Waals surface area contributed by atoms with Crippen molar-refractivity contribution < 1.29 is 42.0 Å². The topological polar surface area (TPSA) is 305 Å². The van der Waals surface area contributed by atoms with Gasteiger partial charge in [0, 0.05) is 59.2 Å². The summed E-state index contributed by atoms with van der Waals surface area (Å²) >= 11 is 20.4. The minimum Gasteiger partial charge on any atom is -0.478 e. The molecule has 4 aromatic heterocycles. The molecule has 0 aliphatic heterocycles. The highest BCUT2D eigenvalue weighted by molar-refractivity contribution is 7.80. The number of carbonyl (C=O) groups is 2. The number of nitro benzene ring substituents is 1. The molecule has 6 aromatic carbocycles. The molecular formula is C72H71N13O10S4. The largest absolute Gasteiger partial charge is 0.478 e. The number of esters is 1. The molecule has 4 heterocycles. The van der Waals surface area contributed by atoms with Gasteiger partial charge in [0.2, 0.25) is 0 Å². The number of aromatic carboxylic acids is 1. The van der Waals surface area contributed by atoms with Crippen molar-refractivity contribution in [1.82, 2.24) is 37.7 Å². The number of nitrogens with one attached hydrogen (secondary N) is 8. The molecule has 0 atom stereocenters. The number of carboxylic acid groups (broad SMARTS) is 1. The Hall–Kier alpha value is -11.5. The number of benzene rings is 6. The molecule has 1 aliphatic carbocycles. The molecule has 9 N–H and O–H groups in total. The lowest BCUT2D eigenvalue weighted by molar-refractivity contribution is -0.384. The number of carbonyl (C=O) groups excluding carboxylic acids is 1. The van der Waals surface area contributed by atoms with Gasteiger partial charge in [0.25, 0.3) is 5.69 Å². The number of hydrogen-bond donors (Lipinski definition) is 9. The minimum absolute atomic E-state index is 0.00833. The number of nitro groups is 1. The zero-order valence-corrected chi connectivity index (χ0v) is 57.5. The van der Waals surface area contributed by atoms with Crippen LogP contribution in [0, 0.1) is 17.0 Å². The van der Waals surface area contributed by atoms with Gasteiger partial charge >= 0.3 is 11.9 Å². The van der Waals surface area contributed by atoms with E-state index in [4.69, 9.17) is 71.6 Å². The highest BCUT2D eigenvalue weighted by atomic mass is 32.1. The maximum atomic E-state index is 11.5. The second-order valence-corrected chi connectivity index (χ2v) is 23.1. The Kier molecular flexibility index (Phi) is 28.3. The van der Waals surface area contributed by atoms with Gasteiger partial charge in [0.05, 0.1) is 48.0 Å². The summed E-state index contributed by atoms with van der Waals surface area (Å²) in [5.41, 5.74) is 17.1. The molecule has 1 aliphatic rings. The van der Waals surface area contributed by atoms with E-state index in [1.807, 2.05) is 74.5 Å². The smallest absolute Gasteiger partial charge is 0.337 e. The van der Waals surface area contributed by atoms with Gasteiger partial charge in [0.1, 0.15) is 46.1 Å². The maximum Gasteiger partial charge on any atom is 0.337 e. The fourth-order valence-corrected chi connectivity index (χ4v) is 10.2. The third-order valence-corrected chi connectivity index (χ3v) is 15.2. The third-order valence-electron chi connectivity index (χ3n) is 14.3. The Morgan fingerprint density at radius 2 is 0.970 bits per heavy atom. The molecule has 0 unspecified atom stereocenters. The zero-order valence-electron chi connectivity index (χ0n) is 54.2. The fraction of sp³-hybridized carbons (Fsp3) is 0.167. The van der Waals surface area contributed by atoms with E-state index in [9.17, 15) is 19.7 Å². The van der Waals surface area contributed by atoms with Crippen LogP contribution in [0.5, 0.6) is 0 Å². The summed E-state index contributed by atoms with van der Waals surface area (Å²) in [5, 5.41) is 51.9. The lowest BCUT2D eigenvalue weighted by Gasteiger charge is -2.23. The number of methoxy groups -OCH3 is 1. The molecule has 23 nitrogen and oxygen atoms in total. The molecule has 1 saturated carbocycles. The average Bonchev–Trinajstić information content (AvgIpc) is 1.80. The average molecular weight is 1410 g/mol. The summed E-state index contributed by atoms with van der Waals surface area (Å²) < 4.78 is 27.6. The monoisotopic (exact) mass is 1410 g/mol. The molecule has 0 spiro atoms. The van der Waals surface area contributed by atoms with Crippen LogP contribution in [0.4, 0.5) is 11.4 Å². The van der Waals surface area contributed by atoms with Crippen LogP contribution in [-0.2, 0) is 4.74 Å². The van der Waals surface area contributed by atoms with E-state index in [1.54, 1.807) is 97.5 Å². The summed E-state index contributed by atoms with van der Waals surface area (Å²) in [5.74, 6) is 3.95. The lowest BCUT2D eigenvalue weighted by atomic mass is 9.96. The van der Waals surface area contributed by atoms with Gasteiger partial charge in [-0.3, -0.25) is 31.8 Å². The van der Waals surface area contributed by atoms with E-state index in [0.29, 0.717) is 67.2 Å². The summed E-state index contributed by atoms with van der Waals surface area (Å²) in [6.07, 6.45) is 12.3. The molecule has 27 heteroatoms. The molecule has 11 rings (SSSR count). The Morgan fingerprint density at radius 3 is 1.44 bits per heavy atom. The van der Waals surface area contributed by atoms with Crippen LogP contribution in [0.2, 0.25) is 0 Å². The zero-order chi connectivity index (χ0) is 70.3. The number of rotatable bonds is 19.